The highest BCUT2D eigenvalue weighted by atomic mass is 16.5. The summed E-state index contributed by atoms with van der Waals surface area (Å²) in [6.07, 6.45) is 0.763. The van der Waals surface area contributed by atoms with E-state index in [9.17, 15) is 14.4 Å². The molecule has 0 radical (unpaired) electrons. The number of hydrogen-bond donors (Lipinski definition) is 3. The smallest absolute Gasteiger partial charge is 0.338 e. The average molecular weight is 369 g/mol. The van der Waals surface area contributed by atoms with Crippen molar-refractivity contribution in [3.05, 3.63) is 59.7 Å². The fraction of sp³-hybridized carbons (Fsp3) is 0.250. The van der Waals surface area contributed by atoms with Crippen LogP contribution in [0.25, 0.3) is 0 Å². The summed E-state index contributed by atoms with van der Waals surface area (Å²) in [7, 11) is 1.56. The van der Waals surface area contributed by atoms with Gasteiger partial charge >= 0.3 is 5.97 Å². The number of esters is 1. The minimum atomic E-state index is -0.382. The Morgan fingerprint density at radius 1 is 0.963 bits per heavy atom. The Morgan fingerprint density at radius 2 is 1.70 bits per heavy atom. The van der Waals surface area contributed by atoms with Crippen LogP contribution in [0.5, 0.6) is 0 Å². The zero-order chi connectivity index (χ0) is 19.6. The third-order valence-electron chi connectivity index (χ3n) is 3.65. The van der Waals surface area contributed by atoms with E-state index in [4.69, 9.17) is 4.74 Å². The number of hydrogen-bond acceptors (Lipinski definition) is 5. The fourth-order valence-corrected chi connectivity index (χ4v) is 2.27. The van der Waals surface area contributed by atoms with Crippen molar-refractivity contribution in [1.29, 1.82) is 0 Å². The number of amides is 2. The Labute approximate surface area is 158 Å². The highest BCUT2D eigenvalue weighted by Gasteiger charge is 2.08. The van der Waals surface area contributed by atoms with Gasteiger partial charge in [-0.25, -0.2) is 4.79 Å². The minimum Gasteiger partial charge on any atom is -0.462 e. The number of rotatable bonds is 8. The van der Waals surface area contributed by atoms with E-state index in [-0.39, 0.29) is 24.3 Å². The topological polar surface area (TPSA) is 96.5 Å². The van der Waals surface area contributed by atoms with Gasteiger partial charge in [0.2, 0.25) is 5.91 Å². The molecular weight excluding hydrogens is 346 g/mol. The molecule has 0 heterocycles. The number of carbonyl (C=O) groups is 3. The summed E-state index contributed by atoms with van der Waals surface area (Å²) in [5, 5.41) is 8.26. The van der Waals surface area contributed by atoms with Crippen LogP contribution in [-0.4, -0.2) is 38.0 Å². The molecule has 142 valence electrons. The van der Waals surface area contributed by atoms with Gasteiger partial charge in [0, 0.05) is 24.0 Å². The van der Waals surface area contributed by atoms with Gasteiger partial charge in [0.15, 0.2) is 0 Å². The van der Waals surface area contributed by atoms with Crippen LogP contribution in [0.1, 0.15) is 34.1 Å². The van der Waals surface area contributed by atoms with Crippen LogP contribution in [0.4, 0.5) is 11.4 Å². The summed E-state index contributed by atoms with van der Waals surface area (Å²) >= 11 is 0. The quantitative estimate of drug-likeness (QED) is 0.622. The largest absolute Gasteiger partial charge is 0.462 e. The van der Waals surface area contributed by atoms with Crippen molar-refractivity contribution in [3.8, 4) is 0 Å². The summed E-state index contributed by atoms with van der Waals surface area (Å²) in [4.78, 5) is 35.4. The Balaban J connectivity index is 1.87. The number of nitrogens with one attached hydrogen (secondary N) is 3. The zero-order valence-electron chi connectivity index (χ0n) is 15.4. The lowest BCUT2D eigenvalue weighted by Gasteiger charge is -2.09. The monoisotopic (exact) mass is 369 g/mol. The molecule has 0 aliphatic heterocycles. The van der Waals surface area contributed by atoms with Crippen molar-refractivity contribution in [2.75, 3.05) is 30.8 Å². The molecule has 7 nitrogen and oxygen atoms in total. The molecule has 0 aliphatic rings. The highest BCUT2D eigenvalue weighted by Crippen LogP contribution is 2.12. The molecule has 0 fully saturated rings. The van der Waals surface area contributed by atoms with Gasteiger partial charge in [-0.05, 0) is 48.9 Å². The molecule has 2 aromatic carbocycles. The van der Waals surface area contributed by atoms with E-state index in [1.54, 1.807) is 55.6 Å². The third-order valence-corrected chi connectivity index (χ3v) is 3.65. The van der Waals surface area contributed by atoms with Crippen molar-refractivity contribution in [2.45, 2.75) is 13.3 Å². The predicted octanol–water partition coefficient (Wildman–Crippen LogP) is 2.66. The molecule has 7 heteroatoms. The second-order valence-electron chi connectivity index (χ2n) is 5.77. The van der Waals surface area contributed by atoms with E-state index in [0.717, 1.165) is 6.42 Å². The van der Waals surface area contributed by atoms with E-state index < -0.39 is 0 Å². The zero-order valence-corrected chi connectivity index (χ0v) is 15.4. The lowest BCUT2D eigenvalue weighted by molar-refractivity contribution is -0.114. The highest BCUT2D eigenvalue weighted by molar-refractivity contribution is 5.96. The van der Waals surface area contributed by atoms with Gasteiger partial charge in [0.05, 0.1) is 18.7 Å². The van der Waals surface area contributed by atoms with Crippen LogP contribution in [0.2, 0.25) is 0 Å². The number of benzene rings is 2. The Hall–Kier alpha value is -3.35. The molecule has 3 N–H and O–H groups in total. The van der Waals surface area contributed by atoms with Crippen molar-refractivity contribution in [3.63, 3.8) is 0 Å². The van der Waals surface area contributed by atoms with Crippen molar-refractivity contribution in [2.24, 2.45) is 0 Å². The number of anilines is 2. The predicted molar refractivity (Wildman–Crippen MR) is 104 cm³/mol. The molecule has 0 saturated heterocycles. The Morgan fingerprint density at radius 3 is 2.37 bits per heavy atom. The summed E-state index contributed by atoms with van der Waals surface area (Å²) in [5.41, 5.74) is 2.19. The minimum absolute atomic E-state index is 0.0392. The van der Waals surface area contributed by atoms with Crippen LogP contribution < -0.4 is 16.0 Å². The maximum atomic E-state index is 12.1. The standard InChI is InChI=1S/C20H23N3O4/c1-3-11-27-20(26)14-7-9-16(10-8-14)23-18(24)13-22-17-6-4-5-15(12-17)19(25)21-2/h4-10,12,22H,3,11,13H2,1-2H3,(H,21,25)(H,23,24). The third kappa shape index (κ3) is 6.14. The van der Waals surface area contributed by atoms with Gasteiger partial charge in [-0.1, -0.05) is 13.0 Å². The van der Waals surface area contributed by atoms with E-state index >= 15 is 0 Å². The molecule has 0 saturated carbocycles. The molecule has 27 heavy (non-hydrogen) atoms. The van der Waals surface area contributed by atoms with Crippen LogP contribution in [0.3, 0.4) is 0 Å². The lowest BCUT2D eigenvalue weighted by Crippen LogP contribution is -2.22. The second kappa shape index (κ2) is 9.96. The summed E-state index contributed by atoms with van der Waals surface area (Å²) in [6.45, 7) is 2.34. The van der Waals surface area contributed by atoms with Crippen LogP contribution in [0, 0.1) is 0 Å². The molecule has 0 bridgehead atoms. The van der Waals surface area contributed by atoms with Gasteiger partial charge in [-0.15, -0.1) is 0 Å². The van der Waals surface area contributed by atoms with E-state index in [1.165, 1.54) is 0 Å². The molecule has 0 unspecified atom stereocenters. The first kappa shape index (κ1) is 20.0. The van der Waals surface area contributed by atoms with E-state index in [2.05, 4.69) is 16.0 Å². The number of ether oxygens (including phenoxy) is 1. The Kier molecular flexibility index (Phi) is 7.37. The first-order valence-corrected chi connectivity index (χ1v) is 8.66. The molecule has 0 aromatic heterocycles. The summed E-state index contributed by atoms with van der Waals surface area (Å²) in [5.74, 6) is -0.824. The fourth-order valence-electron chi connectivity index (χ4n) is 2.27. The first-order valence-electron chi connectivity index (χ1n) is 8.66. The molecule has 0 atom stereocenters. The van der Waals surface area contributed by atoms with Crippen LogP contribution in [0.15, 0.2) is 48.5 Å². The van der Waals surface area contributed by atoms with Gasteiger partial charge in [-0.2, -0.15) is 0 Å². The van der Waals surface area contributed by atoms with Crippen molar-refractivity contribution < 1.29 is 19.1 Å². The van der Waals surface area contributed by atoms with Crippen LogP contribution >= 0.6 is 0 Å². The molecule has 0 aliphatic carbocycles. The lowest BCUT2D eigenvalue weighted by atomic mass is 10.2. The average Bonchev–Trinajstić information content (AvgIpc) is 2.70. The van der Waals surface area contributed by atoms with E-state index in [0.29, 0.717) is 29.1 Å². The van der Waals surface area contributed by atoms with Gasteiger partial charge in [0.25, 0.3) is 5.91 Å². The number of carbonyl (C=O) groups excluding carboxylic acids is 3. The van der Waals surface area contributed by atoms with Crippen molar-refractivity contribution in [1.82, 2.24) is 5.32 Å². The summed E-state index contributed by atoms with van der Waals surface area (Å²) < 4.78 is 5.06. The first-order chi connectivity index (χ1) is 13.0. The SMILES string of the molecule is CCCOC(=O)c1ccc(NC(=O)CNc2cccc(C(=O)NC)c2)cc1. The van der Waals surface area contributed by atoms with Gasteiger partial charge in [0.1, 0.15) is 0 Å². The van der Waals surface area contributed by atoms with E-state index in [1.807, 2.05) is 6.92 Å². The molecular formula is C20H23N3O4. The van der Waals surface area contributed by atoms with Gasteiger partial charge < -0.3 is 20.7 Å². The Bertz CT molecular complexity index is 803. The normalized spacial score (nSPS) is 10.0. The van der Waals surface area contributed by atoms with Gasteiger partial charge in [-0.3, -0.25) is 9.59 Å². The van der Waals surface area contributed by atoms with Crippen LogP contribution in [-0.2, 0) is 9.53 Å². The second-order valence-corrected chi connectivity index (χ2v) is 5.77. The maximum Gasteiger partial charge on any atom is 0.338 e. The molecule has 2 rings (SSSR count). The van der Waals surface area contributed by atoms with Crippen molar-refractivity contribution >= 4 is 29.2 Å². The molecule has 0 spiro atoms. The molecule has 2 amide bonds. The maximum absolute atomic E-state index is 12.1. The molecule has 2 aromatic rings. The summed E-state index contributed by atoms with van der Waals surface area (Å²) in [6, 6.07) is 13.4.